The Labute approximate surface area is 70.3 Å². The van der Waals surface area contributed by atoms with Crippen LogP contribution in [0.4, 0.5) is 0 Å². The van der Waals surface area contributed by atoms with E-state index in [0.29, 0.717) is 13.3 Å². The predicted octanol–water partition coefficient (Wildman–Crippen LogP) is 0.311. The first-order chi connectivity index (χ1) is 5.92. The number of hydrogen-bond acceptors (Lipinski definition) is 4. The third-order valence-corrected chi connectivity index (χ3v) is 1.74. The van der Waals surface area contributed by atoms with Crippen LogP contribution in [0.3, 0.4) is 0 Å². The van der Waals surface area contributed by atoms with Crippen LogP contribution in [0.5, 0.6) is 11.5 Å². The van der Waals surface area contributed by atoms with Crippen molar-refractivity contribution in [3.05, 3.63) is 18.0 Å². The molecule has 4 heteroatoms. The van der Waals surface area contributed by atoms with Gasteiger partial charge in [0.15, 0.2) is 11.5 Å². The fraction of sp³-hybridized carbons (Fsp3) is 0.375. The number of pyridine rings is 1. The molecular weight excluding hydrogens is 156 g/mol. The van der Waals surface area contributed by atoms with Gasteiger partial charge in [-0.2, -0.15) is 0 Å². The van der Waals surface area contributed by atoms with Gasteiger partial charge in [-0.3, -0.25) is 4.98 Å². The molecule has 12 heavy (non-hydrogen) atoms. The van der Waals surface area contributed by atoms with Gasteiger partial charge in [0.25, 0.3) is 0 Å². The normalized spacial score (nSPS) is 13.4. The Morgan fingerprint density at radius 2 is 2.42 bits per heavy atom. The van der Waals surface area contributed by atoms with Crippen LogP contribution >= 0.6 is 0 Å². The molecule has 0 bridgehead atoms. The summed E-state index contributed by atoms with van der Waals surface area (Å²) in [6, 6.07) is 1.79. The highest BCUT2D eigenvalue weighted by Gasteiger charge is 2.17. The van der Waals surface area contributed by atoms with Crippen molar-refractivity contribution in [2.45, 2.75) is 6.42 Å². The van der Waals surface area contributed by atoms with E-state index < -0.39 is 0 Å². The number of ether oxygens (including phenoxy) is 2. The average molecular weight is 166 g/mol. The van der Waals surface area contributed by atoms with E-state index in [1.54, 1.807) is 12.3 Å². The maximum Gasteiger partial charge on any atom is 0.231 e. The largest absolute Gasteiger partial charge is 0.453 e. The Hall–Kier alpha value is -1.29. The first kappa shape index (κ1) is 7.36. The van der Waals surface area contributed by atoms with Gasteiger partial charge in [-0.15, -0.1) is 0 Å². The highest BCUT2D eigenvalue weighted by atomic mass is 16.7. The predicted molar refractivity (Wildman–Crippen MR) is 43.1 cm³/mol. The van der Waals surface area contributed by atoms with Gasteiger partial charge in [0, 0.05) is 18.7 Å². The average Bonchev–Trinajstić information content (AvgIpc) is 2.53. The lowest BCUT2D eigenvalue weighted by Crippen LogP contribution is -2.05. The third-order valence-electron chi connectivity index (χ3n) is 1.74. The number of hydrogen-bond donors (Lipinski definition) is 1. The Morgan fingerprint density at radius 3 is 3.25 bits per heavy atom. The summed E-state index contributed by atoms with van der Waals surface area (Å²) in [5, 5.41) is 0. The van der Waals surface area contributed by atoms with Crippen LogP contribution in [-0.4, -0.2) is 18.3 Å². The fourth-order valence-electron chi connectivity index (χ4n) is 1.21. The first-order valence-electron chi connectivity index (χ1n) is 3.85. The van der Waals surface area contributed by atoms with Crippen LogP contribution in [0.25, 0.3) is 0 Å². The molecule has 0 unspecified atom stereocenters. The smallest absolute Gasteiger partial charge is 0.231 e. The summed E-state index contributed by atoms with van der Waals surface area (Å²) in [5.41, 5.74) is 6.30. The van der Waals surface area contributed by atoms with E-state index in [1.807, 2.05) is 0 Å². The van der Waals surface area contributed by atoms with Gasteiger partial charge in [-0.25, -0.2) is 0 Å². The minimum absolute atomic E-state index is 0.290. The van der Waals surface area contributed by atoms with Gasteiger partial charge in [0.2, 0.25) is 6.79 Å². The van der Waals surface area contributed by atoms with Crippen LogP contribution < -0.4 is 15.2 Å². The molecule has 0 spiro atoms. The van der Waals surface area contributed by atoms with Crippen molar-refractivity contribution >= 4 is 0 Å². The summed E-state index contributed by atoms with van der Waals surface area (Å²) in [6.45, 7) is 0.866. The quantitative estimate of drug-likeness (QED) is 0.687. The van der Waals surface area contributed by atoms with Crippen molar-refractivity contribution < 1.29 is 9.47 Å². The molecule has 2 N–H and O–H groups in total. The van der Waals surface area contributed by atoms with Crippen molar-refractivity contribution in [3.63, 3.8) is 0 Å². The molecule has 0 fully saturated rings. The maximum absolute atomic E-state index is 5.42. The van der Waals surface area contributed by atoms with E-state index in [0.717, 1.165) is 23.6 Å². The molecule has 2 rings (SSSR count). The molecule has 0 saturated heterocycles. The second-order valence-electron chi connectivity index (χ2n) is 2.53. The van der Waals surface area contributed by atoms with Crippen molar-refractivity contribution in [3.8, 4) is 11.5 Å². The zero-order valence-electron chi connectivity index (χ0n) is 6.62. The molecule has 1 aliphatic rings. The summed E-state index contributed by atoms with van der Waals surface area (Å²) in [5.74, 6) is 1.52. The summed E-state index contributed by atoms with van der Waals surface area (Å²) in [6.07, 6.45) is 2.44. The van der Waals surface area contributed by atoms with Crippen LogP contribution in [0, 0.1) is 0 Å². The molecule has 64 valence electrons. The highest BCUT2D eigenvalue weighted by molar-refractivity contribution is 5.44. The number of fused-ring (bicyclic) bond motifs is 1. The topological polar surface area (TPSA) is 57.4 Å². The van der Waals surface area contributed by atoms with Crippen molar-refractivity contribution in [2.24, 2.45) is 5.73 Å². The number of nitrogens with two attached hydrogens (primary N) is 1. The molecule has 0 atom stereocenters. The molecule has 1 aromatic rings. The van der Waals surface area contributed by atoms with E-state index >= 15 is 0 Å². The molecule has 0 saturated carbocycles. The van der Waals surface area contributed by atoms with Crippen LogP contribution in [0.2, 0.25) is 0 Å². The lowest BCUT2D eigenvalue weighted by molar-refractivity contribution is 0.173. The van der Waals surface area contributed by atoms with Gasteiger partial charge in [-0.05, 0) is 6.54 Å². The Morgan fingerprint density at radius 1 is 1.50 bits per heavy atom. The van der Waals surface area contributed by atoms with Crippen LogP contribution in [0.15, 0.2) is 12.3 Å². The van der Waals surface area contributed by atoms with Crippen molar-refractivity contribution in [1.29, 1.82) is 0 Å². The molecule has 1 aromatic heterocycles. The second kappa shape index (κ2) is 2.98. The Balaban J connectivity index is 2.36. The Kier molecular flexibility index (Phi) is 1.83. The molecule has 4 nitrogen and oxygen atoms in total. The Bertz CT molecular complexity index is 288. The lowest BCUT2D eigenvalue weighted by atomic mass is 10.2. The zero-order chi connectivity index (χ0) is 8.39. The monoisotopic (exact) mass is 166 g/mol. The molecule has 0 aliphatic carbocycles. The minimum atomic E-state index is 0.290. The molecule has 1 aliphatic heterocycles. The second-order valence-corrected chi connectivity index (χ2v) is 2.53. The lowest BCUT2D eigenvalue weighted by Gasteiger charge is -2.01. The maximum atomic E-state index is 5.42. The molecule has 2 heterocycles. The SMILES string of the molecule is NCCc1nccc2c1OCO2. The highest BCUT2D eigenvalue weighted by Crippen LogP contribution is 2.33. The van der Waals surface area contributed by atoms with Gasteiger partial charge in [0.1, 0.15) is 0 Å². The van der Waals surface area contributed by atoms with Gasteiger partial charge >= 0.3 is 0 Å². The molecular formula is C8H10N2O2. The van der Waals surface area contributed by atoms with Gasteiger partial charge < -0.3 is 15.2 Å². The molecule has 0 aromatic carbocycles. The van der Waals surface area contributed by atoms with Crippen LogP contribution in [-0.2, 0) is 6.42 Å². The standard InChI is InChI=1S/C8H10N2O2/c9-3-1-6-8-7(2-4-10-6)11-5-12-8/h2,4H,1,3,5,9H2. The summed E-state index contributed by atoms with van der Waals surface area (Å²) < 4.78 is 10.4. The van der Waals surface area contributed by atoms with E-state index in [-0.39, 0.29) is 0 Å². The summed E-state index contributed by atoms with van der Waals surface area (Å²) in [7, 11) is 0. The van der Waals surface area contributed by atoms with Gasteiger partial charge in [0.05, 0.1) is 5.69 Å². The first-order valence-corrected chi connectivity index (χ1v) is 3.85. The summed E-state index contributed by atoms with van der Waals surface area (Å²) in [4.78, 5) is 4.16. The third kappa shape index (κ3) is 1.10. The van der Waals surface area contributed by atoms with Crippen molar-refractivity contribution in [2.75, 3.05) is 13.3 Å². The van der Waals surface area contributed by atoms with Crippen molar-refractivity contribution in [1.82, 2.24) is 4.98 Å². The van der Waals surface area contributed by atoms with E-state index in [1.165, 1.54) is 0 Å². The zero-order valence-corrected chi connectivity index (χ0v) is 6.62. The number of nitrogens with zero attached hydrogens (tertiary/aromatic N) is 1. The molecule has 0 radical (unpaired) electrons. The minimum Gasteiger partial charge on any atom is -0.453 e. The van der Waals surface area contributed by atoms with Gasteiger partial charge in [-0.1, -0.05) is 0 Å². The molecule has 0 amide bonds. The van der Waals surface area contributed by atoms with E-state index in [2.05, 4.69) is 4.98 Å². The number of rotatable bonds is 2. The van der Waals surface area contributed by atoms with E-state index in [4.69, 9.17) is 15.2 Å². The number of aromatic nitrogens is 1. The fourth-order valence-corrected chi connectivity index (χ4v) is 1.21. The van der Waals surface area contributed by atoms with Crippen LogP contribution in [0.1, 0.15) is 5.69 Å². The summed E-state index contributed by atoms with van der Waals surface area (Å²) >= 11 is 0. The van der Waals surface area contributed by atoms with E-state index in [9.17, 15) is 0 Å².